The standard InChI is InChI=1S/C12H15N3S/c1-15(2)12-14-11(8-16-12)10-5-3-4-9(6-10)7-13/h3-6,8H,7,13H2,1-2H3. The van der Waals surface area contributed by atoms with E-state index in [1.165, 1.54) is 0 Å². The first-order valence-corrected chi connectivity index (χ1v) is 6.01. The Morgan fingerprint density at radius 1 is 1.38 bits per heavy atom. The van der Waals surface area contributed by atoms with Gasteiger partial charge >= 0.3 is 0 Å². The van der Waals surface area contributed by atoms with Crippen molar-refractivity contribution < 1.29 is 0 Å². The number of anilines is 1. The van der Waals surface area contributed by atoms with Crippen molar-refractivity contribution in [2.24, 2.45) is 5.73 Å². The monoisotopic (exact) mass is 233 g/mol. The van der Waals surface area contributed by atoms with E-state index in [1.807, 2.05) is 31.1 Å². The normalized spacial score (nSPS) is 10.4. The van der Waals surface area contributed by atoms with Gasteiger partial charge in [-0.1, -0.05) is 18.2 Å². The van der Waals surface area contributed by atoms with Gasteiger partial charge in [0.1, 0.15) is 0 Å². The van der Waals surface area contributed by atoms with Crippen molar-refractivity contribution in [1.29, 1.82) is 0 Å². The number of thiazole rings is 1. The summed E-state index contributed by atoms with van der Waals surface area (Å²) in [7, 11) is 4.00. The molecule has 0 unspecified atom stereocenters. The lowest BCUT2D eigenvalue weighted by atomic mass is 10.1. The molecule has 0 bridgehead atoms. The number of aromatic nitrogens is 1. The zero-order valence-corrected chi connectivity index (χ0v) is 10.3. The third-order valence-electron chi connectivity index (χ3n) is 2.33. The van der Waals surface area contributed by atoms with Crippen LogP contribution in [-0.4, -0.2) is 19.1 Å². The molecule has 3 nitrogen and oxygen atoms in total. The Hall–Kier alpha value is -1.39. The van der Waals surface area contributed by atoms with Gasteiger partial charge < -0.3 is 10.6 Å². The van der Waals surface area contributed by atoms with E-state index in [1.54, 1.807) is 11.3 Å². The average molecular weight is 233 g/mol. The molecule has 2 aromatic rings. The van der Waals surface area contributed by atoms with E-state index in [-0.39, 0.29) is 0 Å². The number of hydrogen-bond donors (Lipinski definition) is 1. The summed E-state index contributed by atoms with van der Waals surface area (Å²) < 4.78 is 0. The third-order valence-corrected chi connectivity index (χ3v) is 3.34. The molecule has 0 amide bonds. The minimum atomic E-state index is 0.568. The summed E-state index contributed by atoms with van der Waals surface area (Å²) in [6.07, 6.45) is 0. The van der Waals surface area contributed by atoms with Crippen LogP contribution in [0.1, 0.15) is 5.56 Å². The minimum absolute atomic E-state index is 0.568. The average Bonchev–Trinajstić information content (AvgIpc) is 2.78. The van der Waals surface area contributed by atoms with Gasteiger partial charge in [-0.25, -0.2) is 4.98 Å². The molecule has 1 aromatic heterocycles. The van der Waals surface area contributed by atoms with Crippen LogP contribution in [0.3, 0.4) is 0 Å². The van der Waals surface area contributed by atoms with Crippen molar-refractivity contribution in [3.63, 3.8) is 0 Å². The van der Waals surface area contributed by atoms with E-state index >= 15 is 0 Å². The molecular weight excluding hydrogens is 218 g/mol. The summed E-state index contributed by atoms with van der Waals surface area (Å²) in [5.41, 5.74) is 8.91. The maximum absolute atomic E-state index is 5.62. The predicted molar refractivity (Wildman–Crippen MR) is 69.8 cm³/mol. The van der Waals surface area contributed by atoms with Gasteiger partial charge in [0.05, 0.1) is 5.69 Å². The Morgan fingerprint density at radius 2 is 2.19 bits per heavy atom. The summed E-state index contributed by atoms with van der Waals surface area (Å²) in [4.78, 5) is 6.57. The molecule has 84 valence electrons. The fourth-order valence-electron chi connectivity index (χ4n) is 1.46. The lowest BCUT2D eigenvalue weighted by Gasteiger charge is -2.05. The molecule has 0 radical (unpaired) electrons. The van der Waals surface area contributed by atoms with Crippen LogP contribution >= 0.6 is 11.3 Å². The molecule has 0 aliphatic rings. The first kappa shape index (κ1) is 11.1. The van der Waals surface area contributed by atoms with Crippen LogP contribution in [0.25, 0.3) is 11.3 Å². The maximum atomic E-state index is 5.62. The fourth-order valence-corrected chi connectivity index (χ4v) is 2.23. The maximum Gasteiger partial charge on any atom is 0.185 e. The number of benzene rings is 1. The van der Waals surface area contributed by atoms with Crippen LogP contribution < -0.4 is 10.6 Å². The highest BCUT2D eigenvalue weighted by Crippen LogP contribution is 2.26. The highest BCUT2D eigenvalue weighted by molar-refractivity contribution is 7.14. The molecule has 0 atom stereocenters. The van der Waals surface area contributed by atoms with E-state index in [0.717, 1.165) is 22.0 Å². The number of hydrogen-bond acceptors (Lipinski definition) is 4. The fraction of sp³-hybridized carbons (Fsp3) is 0.250. The molecule has 1 heterocycles. The van der Waals surface area contributed by atoms with Crippen LogP contribution in [0.15, 0.2) is 29.6 Å². The summed E-state index contributed by atoms with van der Waals surface area (Å²) >= 11 is 1.65. The Balaban J connectivity index is 2.34. The number of nitrogens with zero attached hydrogens (tertiary/aromatic N) is 2. The van der Waals surface area contributed by atoms with Gasteiger partial charge in [0.15, 0.2) is 5.13 Å². The molecular formula is C12H15N3S. The topological polar surface area (TPSA) is 42.2 Å². The molecule has 16 heavy (non-hydrogen) atoms. The molecule has 0 aliphatic heterocycles. The molecule has 2 N–H and O–H groups in total. The highest BCUT2D eigenvalue weighted by atomic mass is 32.1. The van der Waals surface area contributed by atoms with Crippen LogP contribution in [-0.2, 0) is 6.54 Å². The Kier molecular flexibility index (Phi) is 3.22. The zero-order chi connectivity index (χ0) is 11.5. The van der Waals surface area contributed by atoms with Crippen molar-refractivity contribution in [3.05, 3.63) is 35.2 Å². The second-order valence-corrected chi connectivity index (χ2v) is 4.65. The molecule has 0 fully saturated rings. The first-order chi connectivity index (χ1) is 7.70. The molecule has 0 saturated heterocycles. The van der Waals surface area contributed by atoms with Gasteiger partial charge in [-0.15, -0.1) is 11.3 Å². The third kappa shape index (κ3) is 2.23. The summed E-state index contributed by atoms with van der Waals surface area (Å²) in [6.45, 7) is 0.568. The molecule has 0 saturated carbocycles. The highest BCUT2D eigenvalue weighted by Gasteiger charge is 2.05. The van der Waals surface area contributed by atoms with Crippen molar-refractivity contribution in [3.8, 4) is 11.3 Å². The zero-order valence-electron chi connectivity index (χ0n) is 9.47. The number of rotatable bonds is 3. The lowest BCUT2D eigenvalue weighted by molar-refractivity contribution is 1.07. The lowest BCUT2D eigenvalue weighted by Crippen LogP contribution is -2.07. The van der Waals surface area contributed by atoms with Crippen molar-refractivity contribution in [2.45, 2.75) is 6.54 Å². The van der Waals surface area contributed by atoms with Crippen LogP contribution in [0.5, 0.6) is 0 Å². The van der Waals surface area contributed by atoms with Gasteiger partial charge in [0, 0.05) is 31.6 Å². The SMILES string of the molecule is CN(C)c1nc(-c2cccc(CN)c2)cs1. The molecule has 0 spiro atoms. The largest absolute Gasteiger partial charge is 0.354 e. The second kappa shape index (κ2) is 4.63. The molecule has 1 aromatic carbocycles. The van der Waals surface area contributed by atoms with Crippen LogP contribution in [0.2, 0.25) is 0 Å². The molecule has 4 heteroatoms. The van der Waals surface area contributed by atoms with Crippen molar-refractivity contribution in [2.75, 3.05) is 19.0 Å². The van der Waals surface area contributed by atoms with Crippen molar-refractivity contribution in [1.82, 2.24) is 4.98 Å². The van der Waals surface area contributed by atoms with Gasteiger partial charge in [-0.3, -0.25) is 0 Å². The summed E-state index contributed by atoms with van der Waals surface area (Å²) in [5.74, 6) is 0. The van der Waals surface area contributed by atoms with E-state index in [0.29, 0.717) is 6.54 Å². The van der Waals surface area contributed by atoms with Gasteiger partial charge in [-0.2, -0.15) is 0 Å². The van der Waals surface area contributed by atoms with Gasteiger partial charge in [-0.05, 0) is 11.6 Å². The first-order valence-electron chi connectivity index (χ1n) is 5.13. The number of nitrogens with two attached hydrogens (primary N) is 1. The van der Waals surface area contributed by atoms with Crippen molar-refractivity contribution >= 4 is 16.5 Å². The Morgan fingerprint density at radius 3 is 2.81 bits per heavy atom. The second-order valence-electron chi connectivity index (χ2n) is 3.81. The van der Waals surface area contributed by atoms with E-state index < -0.39 is 0 Å². The molecule has 2 rings (SSSR count). The van der Waals surface area contributed by atoms with E-state index in [4.69, 9.17) is 5.73 Å². The molecule has 0 aliphatic carbocycles. The van der Waals surface area contributed by atoms with E-state index in [2.05, 4.69) is 22.5 Å². The van der Waals surface area contributed by atoms with E-state index in [9.17, 15) is 0 Å². The van der Waals surface area contributed by atoms with Crippen LogP contribution in [0.4, 0.5) is 5.13 Å². The quantitative estimate of drug-likeness (QED) is 0.884. The minimum Gasteiger partial charge on any atom is -0.354 e. The Labute approximate surface area is 99.5 Å². The summed E-state index contributed by atoms with van der Waals surface area (Å²) in [6, 6.07) is 8.21. The Bertz CT molecular complexity index is 477. The summed E-state index contributed by atoms with van der Waals surface area (Å²) in [5, 5.41) is 3.10. The smallest absolute Gasteiger partial charge is 0.185 e. The van der Waals surface area contributed by atoms with Crippen LogP contribution in [0, 0.1) is 0 Å². The van der Waals surface area contributed by atoms with Gasteiger partial charge in [0.2, 0.25) is 0 Å². The predicted octanol–water partition coefficient (Wildman–Crippen LogP) is 2.33. The van der Waals surface area contributed by atoms with Gasteiger partial charge in [0.25, 0.3) is 0 Å².